The number of aromatic nitrogens is 6. The van der Waals surface area contributed by atoms with Gasteiger partial charge >= 0.3 is 5.69 Å². The summed E-state index contributed by atoms with van der Waals surface area (Å²) in [5.41, 5.74) is -0.224. The number of tetrazole rings is 1. The highest BCUT2D eigenvalue weighted by Crippen LogP contribution is 2.41. The molecule has 2 aliphatic heterocycles. The van der Waals surface area contributed by atoms with E-state index in [4.69, 9.17) is 30.8 Å². The van der Waals surface area contributed by atoms with Gasteiger partial charge in [0.25, 0.3) is 0 Å². The third-order valence-electron chi connectivity index (χ3n) is 8.89. The van der Waals surface area contributed by atoms with Gasteiger partial charge in [-0.2, -0.15) is 4.98 Å². The van der Waals surface area contributed by atoms with E-state index in [1.165, 1.54) is 47.7 Å². The van der Waals surface area contributed by atoms with E-state index >= 15 is 4.39 Å². The number of benzene rings is 1. The Kier molecular flexibility index (Phi) is 9.97. The van der Waals surface area contributed by atoms with Crippen LogP contribution in [-0.2, 0) is 16.5 Å². The number of hydrogen-bond donors (Lipinski definition) is 1. The smallest absolute Gasteiger partial charge is 0.383 e. The first-order chi connectivity index (χ1) is 21.4. The Morgan fingerprint density at radius 2 is 1.98 bits per heavy atom. The van der Waals surface area contributed by atoms with Gasteiger partial charge in [0.1, 0.15) is 23.1 Å². The standard InChI is InChI=1S/C30H43ClFN9O4/c1-18(43-6)16-39(21-11-20-9-8-10-40(20)30(3,4)14-21)27-22(31)15-33-28(35-27)34-24-13-25(41-37-36-29(42)38(41)5)26(12-23(24)32)45-17-19(2)44-7/h12-13,15,18-21H,8-11,14,16-17H2,1-7H3,(H,33,34,35)/t18-,19-,20-,21+/m0/s1. The summed E-state index contributed by atoms with van der Waals surface area (Å²) >= 11 is 6.77. The highest BCUT2D eigenvalue weighted by atomic mass is 35.5. The van der Waals surface area contributed by atoms with Gasteiger partial charge in [-0.15, -0.1) is 4.80 Å². The van der Waals surface area contributed by atoms with Crippen molar-refractivity contribution in [3.63, 3.8) is 0 Å². The third kappa shape index (κ3) is 7.08. The van der Waals surface area contributed by atoms with Gasteiger partial charge < -0.3 is 24.4 Å². The zero-order valence-electron chi connectivity index (χ0n) is 27.0. The molecule has 0 amide bonds. The van der Waals surface area contributed by atoms with Crippen LogP contribution in [0.25, 0.3) is 5.69 Å². The maximum Gasteiger partial charge on any atom is 0.383 e. The minimum Gasteiger partial charge on any atom is -0.488 e. The fourth-order valence-electron chi connectivity index (χ4n) is 6.39. The number of methoxy groups -OCH3 is 2. The van der Waals surface area contributed by atoms with Crippen LogP contribution in [0.3, 0.4) is 0 Å². The summed E-state index contributed by atoms with van der Waals surface area (Å²) in [6, 6.07) is 3.34. The molecule has 0 aliphatic carbocycles. The normalized spacial score (nSPS) is 20.9. The molecule has 2 aliphatic rings. The van der Waals surface area contributed by atoms with Crippen molar-refractivity contribution in [1.82, 2.24) is 34.7 Å². The monoisotopic (exact) mass is 647 g/mol. The predicted octanol–water partition coefficient (Wildman–Crippen LogP) is 3.95. The summed E-state index contributed by atoms with van der Waals surface area (Å²) in [4.78, 5) is 27.4. The summed E-state index contributed by atoms with van der Waals surface area (Å²) < 4.78 is 33.6. The zero-order valence-corrected chi connectivity index (χ0v) is 27.7. The van der Waals surface area contributed by atoms with Crippen molar-refractivity contribution in [2.75, 3.05) is 44.1 Å². The van der Waals surface area contributed by atoms with Crippen molar-refractivity contribution in [2.45, 2.75) is 83.2 Å². The number of nitrogens with one attached hydrogen (secondary N) is 1. The molecule has 0 radical (unpaired) electrons. The second-order valence-corrected chi connectivity index (χ2v) is 12.9. The highest BCUT2D eigenvalue weighted by Gasteiger charge is 2.45. The van der Waals surface area contributed by atoms with Crippen molar-refractivity contribution < 1.29 is 18.6 Å². The molecule has 246 valence electrons. The second-order valence-electron chi connectivity index (χ2n) is 12.5. The highest BCUT2D eigenvalue weighted by molar-refractivity contribution is 6.32. The topological polar surface area (TPSA) is 125 Å². The maximum atomic E-state index is 15.6. The van der Waals surface area contributed by atoms with Crippen LogP contribution in [0.4, 0.5) is 21.8 Å². The number of piperidine rings is 1. The number of anilines is 3. The summed E-state index contributed by atoms with van der Waals surface area (Å²) in [5.74, 6) is 0.240. The van der Waals surface area contributed by atoms with Crippen LogP contribution in [0.5, 0.6) is 5.75 Å². The van der Waals surface area contributed by atoms with Crippen molar-refractivity contribution in [3.8, 4) is 11.4 Å². The van der Waals surface area contributed by atoms with Crippen LogP contribution < -0.4 is 20.6 Å². The number of nitrogens with zero attached hydrogens (tertiary/aromatic N) is 8. The molecule has 45 heavy (non-hydrogen) atoms. The van der Waals surface area contributed by atoms with E-state index in [2.05, 4.69) is 44.3 Å². The predicted molar refractivity (Wildman–Crippen MR) is 169 cm³/mol. The molecule has 0 spiro atoms. The first-order valence-electron chi connectivity index (χ1n) is 15.3. The molecule has 0 saturated carbocycles. The van der Waals surface area contributed by atoms with Gasteiger partial charge in [0.15, 0.2) is 11.6 Å². The van der Waals surface area contributed by atoms with Gasteiger partial charge in [-0.05, 0) is 71.2 Å². The van der Waals surface area contributed by atoms with Crippen molar-refractivity contribution in [3.05, 3.63) is 39.7 Å². The lowest BCUT2D eigenvalue weighted by Crippen LogP contribution is -2.58. The molecule has 4 heterocycles. The number of halogens is 2. The van der Waals surface area contributed by atoms with Gasteiger partial charge in [0.05, 0.1) is 24.1 Å². The van der Waals surface area contributed by atoms with E-state index in [0.717, 1.165) is 19.4 Å². The fourth-order valence-corrected chi connectivity index (χ4v) is 6.59. The van der Waals surface area contributed by atoms with Crippen LogP contribution in [0.2, 0.25) is 5.02 Å². The van der Waals surface area contributed by atoms with Gasteiger partial charge in [-0.3, -0.25) is 4.90 Å². The molecular weight excluding hydrogens is 605 g/mol. The summed E-state index contributed by atoms with van der Waals surface area (Å²) in [6.07, 6.45) is 5.47. The minimum absolute atomic E-state index is 0.0189. The molecule has 1 aromatic carbocycles. The Labute approximate surface area is 267 Å². The van der Waals surface area contributed by atoms with Crippen molar-refractivity contribution >= 4 is 29.1 Å². The summed E-state index contributed by atoms with van der Waals surface area (Å²) in [5, 5.41) is 10.9. The molecule has 5 rings (SSSR count). The largest absolute Gasteiger partial charge is 0.488 e. The number of ether oxygens (including phenoxy) is 3. The Balaban J connectivity index is 1.50. The maximum absolute atomic E-state index is 15.6. The van der Waals surface area contributed by atoms with Gasteiger partial charge in [0.2, 0.25) is 5.95 Å². The molecule has 2 aromatic heterocycles. The van der Waals surface area contributed by atoms with Gasteiger partial charge in [0, 0.05) is 51.5 Å². The molecular formula is C30H43ClFN9O4. The third-order valence-corrected chi connectivity index (χ3v) is 9.16. The van der Waals surface area contributed by atoms with Crippen molar-refractivity contribution in [1.29, 1.82) is 0 Å². The number of hydrogen-bond acceptors (Lipinski definition) is 11. The zero-order chi connectivity index (χ0) is 32.5. The summed E-state index contributed by atoms with van der Waals surface area (Å²) in [6.45, 7) is 10.3. The van der Waals surface area contributed by atoms with Gasteiger partial charge in [-0.1, -0.05) is 16.7 Å². The average Bonchev–Trinajstić information content (AvgIpc) is 3.63. The molecule has 2 fully saturated rings. The lowest BCUT2D eigenvalue weighted by molar-refractivity contribution is 0.0404. The molecule has 15 heteroatoms. The average molecular weight is 648 g/mol. The molecule has 0 unspecified atom stereocenters. The number of fused-ring (bicyclic) bond motifs is 1. The molecule has 4 atom stereocenters. The van der Waals surface area contributed by atoms with Crippen molar-refractivity contribution in [2.24, 2.45) is 7.05 Å². The molecule has 0 bridgehead atoms. The van der Waals surface area contributed by atoms with E-state index in [1.54, 1.807) is 14.2 Å². The molecule has 3 aromatic rings. The van der Waals surface area contributed by atoms with Crippen LogP contribution in [0.1, 0.15) is 53.4 Å². The quantitative estimate of drug-likeness (QED) is 0.307. The Bertz CT molecular complexity index is 1550. The Hall–Kier alpha value is -3.33. The van der Waals surface area contributed by atoms with E-state index in [1.807, 2.05) is 13.8 Å². The van der Waals surface area contributed by atoms with E-state index in [-0.39, 0.29) is 53.5 Å². The Morgan fingerprint density at radius 3 is 2.67 bits per heavy atom. The van der Waals surface area contributed by atoms with Crippen LogP contribution in [0, 0.1) is 5.82 Å². The first-order valence-corrected chi connectivity index (χ1v) is 15.6. The lowest BCUT2D eigenvalue weighted by Gasteiger charge is -2.51. The van der Waals surface area contributed by atoms with E-state index < -0.39 is 11.5 Å². The minimum atomic E-state index is -0.621. The van der Waals surface area contributed by atoms with Crippen LogP contribution >= 0.6 is 11.6 Å². The lowest BCUT2D eigenvalue weighted by atomic mass is 9.83. The van der Waals surface area contributed by atoms with Crippen LogP contribution in [-0.4, -0.2) is 98.4 Å². The first kappa shape index (κ1) is 33.0. The SMILES string of the molecule is CO[C@@H](C)COc1cc(F)c(Nc2ncc(Cl)c(N(C[C@H](C)OC)[C@@H]3C[C@@H]4CCCN4C(C)(C)C3)n2)cc1-n1nnc(=O)n1C. The van der Waals surface area contributed by atoms with E-state index in [0.29, 0.717) is 23.4 Å². The number of rotatable bonds is 12. The second kappa shape index (κ2) is 13.6. The molecule has 2 saturated heterocycles. The summed E-state index contributed by atoms with van der Waals surface area (Å²) in [7, 11) is 4.75. The fraction of sp³-hybridized carbons (Fsp3) is 0.633. The molecule has 13 nitrogen and oxygen atoms in total. The van der Waals surface area contributed by atoms with Crippen LogP contribution in [0.15, 0.2) is 23.1 Å². The van der Waals surface area contributed by atoms with E-state index in [9.17, 15) is 4.79 Å². The Morgan fingerprint density at radius 1 is 1.22 bits per heavy atom. The molecule has 1 N–H and O–H groups in total. The van der Waals surface area contributed by atoms with Gasteiger partial charge in [-0.25, -0.2) is 18.9 Å².